The highest BCUT2D eigenvalue weighted by Crippen LogP contribution is 2.39. The van der Waals surface area contributed by atoms with Crippen LogP contribution in [0.3, 0.4) is 0 Å². The van der Waals surface area contributed by atoms with Crippen LogP contribution in [0.2, 0.25) is 0 Å². The van der Waals surface area contributed by atoms with E-state index >= 15 is 0 Å². The molecule has 1 aliphatic carbocycles. The first-order valence-electron chi connectivity index (χ1n) is 7.70. The van der Waals surface area contributed by atoms with E-state index in [-0.39, 0.29) is 23.8 Å². The number of aliphatic carboxylic acids is 1. The number of carbonyl (C=O) groups is 2. The van der Waals surface area contributed by atoms with Gasteiger partial charge < -0.3 is 15.7 Å². The molecule has 1 amide bonds. The van der Waals surface area contributed by atoms with Crippen LogP contribution >= 0.6 is 0 Å². The zero-order valence-corrected chi connectivity index (χ0v) is 12.3. The van der Waals surface area contributed by atoms with Crippen molar-refractivity contribution in [3.63, 3.8) is 0 Å². The van der Waals surface area contributed by atoms with Crippen LogP contribution in [0.25, 0.3) is 0 Å². The Balaban J connectivity index is 1.84. The Morgan fingerprint density at radius 3 is 2.45 bits per heavy atom. The molecule has 0 spiro atoms. The molecule has 2 rings (SSSR count). The number of carboxylic acids is 1. The minimum atomic E-state index is -0.729. The van der Waals surface area contributed by atoms with E-state index in [4.69, 9.17) is 10.8 Å². The van der Waals surface area contributed by atoms with E-state index in [1.807, 2.05) is 11.8 Å². The van der Waals surface area contributed by atoms with Gasteiger partial charge in [0.15, 0.2) is 0 Å². The van der Waals surface area contributed by atoms with Crippen molar-refractivity contribution in [1.82, 2.24) is 4.90 Å². The molecule has 20 heavy (non-hydrogen) atoms. The summed E-state index contributed by atoms with van der Waals surface area (Å²) in [5.41, 5.74) is 5.74. The average Bonchev–Trinajstić information content (AvgIpc) is 2.77. The second kappa shape index (κ2) is 6.12. The van der Waals surface area contributed by atoms with E-state index in [1.54, 1.807) is 0 Å². The lowest BCUT2D eigenvalue weighted by Crippen LogP contribution is -2.51. The quantitative estimate of drug-likeness (QED) is 0.820. The molecule has 0 radical (unpaired) electrons. The van der Waals surface area contributed by atoms with Gasteiger partial charge in [-0.15, -0.1) is 0 Å². The fourth-order valence-electron chi connectivity index (χ4n) is 3.57. The maximum atomic E-state index is 12.7. The molecule has 5 heteroatoms. The minimum Gasteiger partial charge on any atom is -0.481 e. The number of carbonyl (C=O) groups excluding carboxylic acids is 1. The van der Waals surface area contributed by atoms with Gasteiger partial charge in [0.1, 0.15) is 0 Å². The van der Waals surface area contributed by atoms with Crippen LogP contribution in [0.5, 0.6) is 0 Å². The Morgan fingerprint density at radius 2 is 1.95 bits per heavy atom. The zero-order chi connectivity index (χ0) is 14.8. The number of hydrogen-bond acceptors (Lipinski definition) is 3. The van der Waals surface area contributed by atoms with Crippen LogP contribution in [-0.2, 0) is 9.59 Å². The van der Waals surface area contributed by atoms with E-state index in [0.717, 1.165) is 51.6 Å². The molecular formula is C15H26N2O3. The van der Waals surface area contributed by atoms with E-state index in [0.29, 0.717) is 5.92 Å². The maximum absolute atomic E-state index is 12.7. The van der Waals surface area contributed by atoms with Crippen LogP contribution in [0.1, 0.15) is 51.9 Å². The molecule has 3 N–H and O–H groups in total. The number of piperidine rings is 1. The van der Waals surface area contributed by atoms with Crippen molar-refractivity contribution in [3.8, 4) is 0 Å². The molecule has 0 aromatic rings. The molecule has 0 aromatic carbocycles. The largest absolute Gasteiger partial charge is 0.481 e. The average molecular weight is 282 g/mol. The van der Waals surface area contributed by atoms with Gasteiger partial charge in [-0.05, 0) is 44.9 Å². The molecule has 2 fully saturated rings. The van der Waals surface area contributed by atoms with Gasteiger partial charge in [-0.25, -0.2) is 0 Å². The third-order valence-corrected chi connectivity index (χ3v) is 5.19. The summed E-state index contributed by atoms with van der Waals surface area (Å²) in [7, 11) is 0. The molecular weight excluding hydrogens is 256 g/mol. The van der Waals surface area contributed by atoms with Crippen molar-refractivity contribution in [2.24, 2.45) is 17.1 Å². The number of carboxylic acid groups (broad SMARTS) is 1. The Morgan fingerprint density at radius 1 is 1.30 bits per heavy atom. The van der Waals surface area contributed by atoms with Gasteiger partial charge in [-0.2, -0.15) is 0 Å². The normalized spacial score (nSPS) is 31.5. The number of nitrogens with two attached hydrogens (primary N) is 1. The topological polar surface area (TPSA) is 83.6 Å². The highest BCUT2D eigenvalue weighted by Gasteiger charge is 2.45. The standard InChI is InChI=1S/C15H26N2O3/c1-15(8-2-3-12(15)16)14(20)17-9-6-11(7-10-17)4-5-13(18)19/h11-12H,2-10,16H2,1H3,(H,18,19). The second-order valence-corrected chi connectivity index (χ2v) is 6.58. The molecule has 1 heterocycles. The first-order chi connectivity index (χ1) is 9.43. The molecule has 1 aliphatic heterocycles. The summed E-state index contributed by atoms with van der Waals surface area (Å²) in [5.74, 6) is -0.0765. The third-order valence-electron chi connectivity index (χ3n) is 5.19. The maximum Gasteiger partial charge on any atom is 0.303 e. The first-order valence-corrected chi connectivity index (χ1v) is 7.70. The lowest BCUT2D eigenvalue weighted by Gasteiger charge is -2.38. The van der Waals surface area contributed by atoms with Crippen molar-refractivity contribution < 1.29 is 14.7 Å². The number of nitrogens with zero attached hydrogens (tertiary/aromatic N) is 1. The molecule has 0 aromatic heterocycles. The predicted octanol–water partition coefficient (Wildman–Crippen LogP) is 1.61. The number of rotatable bonds is 4. The summed E-state index contributed by atoms with van der Waals surface area (Å²) in [6.45, 7) is 3.51. The Kier molecular flexibility index (Phi) is 4.68. The highest BCUT2D eigenvalue weighted by molar-refractivity contribution is 5.83. The summed E-state index contributed by atoms with van der Waals surface area (Å²) < 4.78 is 0. The van der Waals surface area contributed by atoms with Gasteiger partial charge in [0, 0.05) is 25.6 Å². The Hall–Kier alpha value is -1.10. The first kappa shape index (κ1) is 15.3. The molecule has 114 valence electrons. The lowest BCUT2D eigenvalue weighted by atomic mass is 9.82. The fraction of sp³-hybridized carbons (Fsp3) is 0.867. The smallest absolute Gasteiger partial charge is 0.303 e. The summed E-state index contributed by atoms with van der Waals surface area (Å²) in [4.78, 5) is 25.2. The van der Waals surface area contributed by atoms with E-state index in [1.165, 1.54) is 0 Å². The van der Waals surface area contributed by atoms with Crippen molar-refractivity contribution >= 4 is 11.9 Å². The van der Waals surface area contributed by atoms with Gasteiger partial charge in [0.2, 0.25) is 5.91 Å². The number of likely N-dealkylation sites (tertiary alicyclic amines) is 1. The molecule has 1 saturated carbocycles. The van der Waals surface area contributed by atoms with Crippen molar-refractivity contribution in [3.05, 3.63) is 0 Å². The Bertz CT molecular complexity index is 377. The van der Waals surface area contributed by atoms with Gasteiger partial charge in [0.05, 0.1) is 5.41 Å². The molecule has 2 atom stereocenters. The minimum absolute atomic E-state index is 0.0141. The van der Waals surface area contributed by atoms with Gasteiger partial charge in [-0.1, -0.05) is 6.42 Å². The number of hydrogen-bond donors (Lipinski definition) is 2. The van der Waals surface area contributed by atoms with Crippen LogP contribution in [-0.4, -0.2) is 41.0 Å². The van der Waals surface area contributed by atoms with E-state index in [2.05, 4.69) is 0 Å². The van der Waals surface area contributed by atoms with Crippen molar-refractivity contribution in [2.45, 2.75) is 57.9 Å². The Labute approximate surface area is 120 Å². The number of amides is 1. The van der Waals surface area contributed by atoms with E-state index < -0.39 is 5.97 Å². The SMILES string of the molecule is CC1(C(=O)N2CCC(CCC(=O)O)CC2)CCCC1N. The highest BCUT2D eigenvalue weighted by atomic mass is 16.4. The van der Waals surface area contributed by atoms with Gasteiger partial charge >= 0.3 is 5.97 Å². The van der Waals surface area contributed by atoms with E-state index in [9.17, 15) is 9.59 Å². The molecule has 2 aliphatic rings. The van der Waals surface area contributed by atoms with Crippen LogP contribution < -0.4 is 5.73 Å². The molecule has 2 unspecified atom stereocenters. The second-order valence-electron chi connectivity index (χ2n) is 6.58. The summed E-state index contributed by atoms with van der Waals surface area (Å²) >= 11 is 0. The van der Waals surface area contributed by atoms with Gasteiger partial charge in [0.25, 0.3) is 0 Å². The van der Waals surface area contributed by atoms with Crippen LogP contribution in [0.15, 0.2) is 0 Å². The fourth-order valence-corrected chi connectivity index (χ4v) is 3.57. The summed E-state index contributed by atoms with van der Waals surface area (Å²) in [5, 5.41) is 8.71. The zero-order valence-electron chi connectivity index (χ0n) is 12.3. The summed E-state index contributed by atoms with van der Waals surface area (Å²) in [6, 6.07) is -0.0141. The third kappa shape index (κ3) is 3.14. The molecule has 1 saturated heterocycles. The van der Waals surface area contributed by atoms with Crippen LogP contribution in [0, 0.1) is 11.3 Å². The van der Waals surface area contributed by atoms with Crippen LogP contribution in [0.4, 0.5) is 0 Å². The van der Waals surface area contributed by atoms with Gasteiger partial charge in [-0.3, -0.25) is 9.59 Å². The predicted molar refractivity (Wildman–Crippen MR) is 76.1 cm³/mol. The van der Waals surface area contributed by atoms with Crippen molar-refractivity contribution in [1.29, 1.82) is 0 Å². The summed E-state index contributed by atoms with van der Waals surface area (Å²) in [6.07, 6.45) is 5.69. The molecule has 0 bridgehead atoms. The van der Waals surface area contributed by atoms with Crippen molar-refractivity contribution in [2.75, 3.05) is 13.1 Å². The lowest BCUT2D eigenvalue weighted by molar-refractivity contribution is -0.143. The monoisotopic (exact) mass is 282 g/mol. The molecule has 5 nitrogen and oxygen atoms in total.